The molecule has 0 unspecified atom stereocenters. The Hall–Kier alpha value is -2.50. The molecule has 5 N–H and O–H groups in total. The molecule has 18 heavy (non-hydrogen) atoms. The molecule has 0 saturated heterocycles. The lowest BCUT2D eigenvalue weighted by Gasteiger charge is -2.07. The van der Waals surface area contributed by atoms with E-state index in [2.05, 4.69) is 20.6 Å². The molecule has 1 heterocycles. The van der Waals surface area contributed by atoms with Crippen LogP contribution in [0.5, 0.6) is 0 Å². The van der Waals surface area contributed by atoms with E-state index in [9.17, 15) is 4.79 Å². The minimum absolute atomic E-state index is 0.574. The molecule has 0 aliphatic carbocycles. The van der Waals surface area contributed by atoms with E-state index in [1.165, 1.54) is 0 Å². The lowest BCUT2D eigenvalue weighted by atomic mass is 10.2. The second-order valence-corrected chi connectivity index (χ2v) is 3.90. The quantitative estimate of drug-likeness (QED) is 0.661. The highest BCUT2D eigenvalue weighted by Gasteiger charge is 2.01. The summed E-state index contributed by atoms with van der Waals surface area (Å²) in [6, 6.07) is 6.76. The van der Waals surface area contributed by atoms with Crippen molar-refractivity contribution in [3.8, 4) is 0 Å². The van der Waals surface area contributed by atoms with Gasteiger partial charge in [0, 0.05) is 17.1 Å². The molecular formula is C12H15N5O. The Kier molecular flexibility index (Phi) is 3.47. The Bertz CT molecular complexity index is 549. The summed E-state index contributed by atoms with van der Waals surface area (Å²) in [5.74, 6) is 0. The number of carbonyl (C=O) groups excluding carboxylic acids is 1. The fourth-order valence-electron chi connectivity index (χ4n) is 1.60. The van der Waals surface area contributed by atoms with Crippen LogP contribution in [0.3, 0.4) is 0 Å². The van der Waals surface area contributed by atoms with Crippen molar-refractivity contribution in [2.24, 2.45) is 5.73 Å². The number of anilines is 2. The second-order valence-electron chi connectivity index (χ2n) is 3.90. The number of imidazole rings is 1. The van der Waals surface area contributed by atoms with Crippen LogP contribution < -0.4 is 16.4 Å². The summed E-state index contributed by atoms with van der Waals surface area (Å²) < 4.78 is 0. The largest absolute Gasteiger partial charge is 0.379 e. The third-order valence-corrected chi connectivity index (χ3v) is 2.52. The standard InChI is InChI=1S/C12H15N5O/c1-8-11(16-7-15-8)6-14-9-3-2-4-10(5-9)17-12(13)18/h2-5,7,14H,6H2,1H3,(H,15,16)(H3,13,17,18). The smallest absolute Gasteiger partial charge is 0.316 e. The predicted octanol–water partition coefficient (Wildman–Crippen LogP) is 1.82. The van der Waals surface area contributed by atoms with E-state index in [-0.39, 0.29) is 0 Å². The zero-order valence-corrected chi connectivity index (χ0v) is 10.0. The molecule has 0 fully saturated rings. The van der Waals surface area contributed by atoms with Crippen LogP contribution in [0, 0.1) is 6.92 Å². The first kappa shape index (κ1) is 12.0. The molecule has 1 aromatic carbocycles. The molecule has 6 heteroatoms. The Morgan fingerprint density at radius 1 is 1.44 bits per heavy atom. The van der Waals surface area contributed by atoms with Gasteiger partial charge in [0.05, 0.1) is 18.6 Å². The molecule has 0 spiro atoms. The van der Waals surface area contributed by atoms with Gasteiger partial charge >= 0.3 is 6.03 Å². The number of benzene rings is 1. The van der Waals surface area contributed by atoms with Gasteiger partial charge in [0.15, 0.2) is 0 Å². The third kappa shape index (κ3) is 3.00. The molecule has 0 aliphatic heterocycles. The topological polar surface area (TPSA) is 95.8 Å². The van der Waals surface area contributed by atoms with Crippen LogP contribution in [-0.2, 0) is 6.54 Å². The number of hydrogen-bond donors (Lipinski definition) is 4. The van der Waals surface area contributed by atoms with Gasteiger partial charge in [-0.3, -0.25) is 0 Å². The molecule has 2 rings (SSSR count). The first-order valence-electron chi connectivity index (χ1n) is 5.54. The number of aryl methyl sites for hydroxylation is 1. The zero-order chi connectivity index (χ0) is 13.0. The van der Waals surface area contributed by atoms with E-state index < -0.39 is 6.03 Å². The Balaban J connectivity index is 2.01. The number of nitrogens with zero attached hydrogens (tertiary/aromatic N) is 1. The number of carbonyl (C=O) groups is 1. The number of amides is 2. The Labute approximate surface area is 105 Å². The maximum absolute atomic E-state index is 10.7. The highest BCUT2D eigenvalue weighted by atomic mass is 16.2. The van der Waals surface area contributed by atoms with Crippen molar-refractivity contribution in [1.29, 1.82) is 0 Å². The average molecular weight is 245 g/mol. The first-order valence-corrected chi connectivity index (χ1v) is 5.54. The van der Waals surface area contributed by atoms with Gasteiger partial charge < -0.3 is 21.4 Å². The zero-order valence-electron chi connectivity index (χ0n) is 10.0. The number of aromatic nitrogens is 2. The summed E-state index contributed by atoms with van der Waals surface area (Å²) >= 11 is 0. The van der Waals surface area contributed by atoms with Crippen molar-refractivity contribution in [3.63, 3.8) is 0 Å². The van der Waals surface area contributed by atoms with Crippen molar-refractivity contribution in [2.75, 3.05) is 10.6 Å². The number of nitrogens with one attached hydrogen (secondary N) is 3. The minimum Gasteiger partial charge on any atom is -0.379 e. The SMILES string of the molecule is Cc1[nH]cnc1CNc1cccc(NC(N)=O)c1. The fourth-order valence-corrected chi connectivity index (χ4v) is 1.60. The van der Waals surface area contributed by atoms with Crippen LogP contribution >= 0.6 is 0 Å². The Morgan fingerprint density at radius 3 is 2.89 bits per heavy atom. The number of aromatic amines is 1. The van der Waals surface area contributed by atoms with Crippen LogP contribution in [0.1, 0.15) is 11.4 Å². The molecule has 2 amide bonds. The van der Waals surface area contributed by atoms with Crippen LogP contribution in [0.15, 0.2) is 30.6 Å². The number of urea groups is 1. The van der Waals surface area contributed by atoms with E-state index in [1.807, 2.05) is 25.1 Å². The summed E-state index contributed by atoms with van der Waals surface area (Å²) in [5, 5.41) is 5.75. The lowest BCUT2D eigenvalue weighted by Crippen LogP contribution is -2.19. The number of hydrogen-bond acceptors (Lipinski definition) is 3. The van der Waals surface area contributed by atoms with Crippen molar-refractivity contribution in [3.05, 3.63) is 42.0 Å². The molecule has 0 aliphatic rings. The van der Waals surface area contributed by atoms with Gasteiger partial charge in [-0.25, -0.2) is 9.78 Å². The van der Waals surface area contributed by atoms with Gasteiger partial charge in [0.1, 0.15) is 0 Å². The number of primary amides is 1. The van der Waals surface area contributed by atoms with Crippen molar-refractivity contribution in [1.82, 2.24) is 9.97 Å². The van der Waals surface area contributed by atoms with Crippen LogP contribution in [0.25, 0.3) is 0 Å². The molecule has 1 aromatic heterocycles. The van der Waals surface area contributed by atoms with E-state index in [1.54, 1.807) is 12.4 Å². The van der Waals surface area contributed by atoms with Crippen molar-refractivity contribution < 1.29 is 4.79 Å². The number of H-pyrrole nitrogens is 1. The lowest BCUT2D eigenvalue weighted by molar-refractivity contribution is 0.259. The average Bonchev–Trinajstić information content (AvgIpc) is 2.72. The van der Waals surface area contributed by atoms with Gasteiger partial charge in [0.25, 0.3) is 0 Å². The molecule has 2 aromatic rings. The molecule has 6 nitrogen and oxygen atoms in total. The molecular weight excluding hydrogens is 230 g/mol. The molecule has 94 valence electrons. The van der Waals surface area contributed by atoms with Crippen molar-refractivity contribution >= 4 is 17.4 Å². The first-order chi connectivity index (χ1) is 8.65. The highest BCUT2D eigenvalue weighted by molar-refractivity contribution is 5.88. The monoisotopic (exact) mass is 245 g/mol. The summed E-state index contributed by atoms with van der Waals surface area (Å²) in [4.78, 5) is 18.0. The third-order valence-electron chi connectivity index (χ3n) is 2.52. The molecule has 0 atom stereocenters. The normalized spacial score (nSPS) is 10.1. The predicted molar refractivity (Wildman–Crippen MR) is 70.3 cm³/mol. The molecule has 0 bridgehead atoms. The van der Waals surface area contributed by atoms with E-state index in [4.69, 9.17) is 5.73 Å². The minimum atomic E-state index is -0.574. The van der Waals surface area contributed by atoms with Crippen molar-refractivity contribution in [2.45, 2.75) is 13.5 Å². The maximum Gasteiger partial charge on any atom is 0.316 e. The van der Waals surface area contributed by atoms with Gasteiger partial charge in [-0.15, -0.1) is 0 Å². The number of nitrogens with two attached hydrogens (primary N) is 1. The number of rotatable bonds is 4. The van der Waals surface area contributed by atoms with Gasteiger partial charge in [-0.1, -0.05) is 6.07 Å². The fraction of sp³-hybridized carbons (Fsp3) is 0.167. The summed E-state index contributed by atoms with van der Waals surface area (Å²) in [5.41, 5.74) is 8.61. The molecule has 0 radical (unpaired) electrons. The summed E-state index contributed by atoms with van der Waals surface area (Å²) in [7, 11) is 0. The maximum atomic E-state index is 10.7. The van der Waals surface area contributed by atoms with Crippen LogP contribution in [-0.4, -0.2) is 16.0 Å². The van der Waals surface area contributed by atoms with E-state index in [0.29, 0.717) is 12.2 Å². The second kappa shape index (κ2) is 5.22. The summed E-state index contributed by atoms with van der Waals surface area (Å²) in [6.07, 6.45) is 1.66. The van der Waals surface area contributed by atoms with Crippen LogP contribution in [0.2, 0.25) is 0 Å². The highest BCUT2D eigenvalue weighted by Crippen LogP contribution is 2.15. The summed E-state index contributed by atoms with van der Waals surface area (Å²) in [6.45, 7) is 2.59. The Morgan fingerprint density at radius 2 is 2.22 bits per heavy atom. The van der Waals surface area contributed by atoms with Gasteiger partial charge in [-0.2, -0.15) is 0 Å². The van der Waals surface area contributed by atoms with E-state index in [0.717, 1.165) is 17.1 Å². The van der Waals surface area contributed by atoms with Crippen LogP contribution in [0.4, 0.5) is 16.2 Å². The van der Waals surface area contributed by atoms with Gasteiger partial charge in [0.2, 0.25) is 0 Å². The van der Waals surface area contributed by atoms with Gasteiger partial charge in [-0.05, 0) is 25.1 Å². The van der Waals surface area contributed by atoms with E-state index >= 15 is 0 Å². The molecule has 0 saturated carbocycles.